The molecule has 0 aliphatic rings. The van der Waals surface area contributed by atoms with Gasteiger partial charge in [-0.3, -0.25) is 27.7 Å². The first-order chi connectivity index (χ1) is 45.5. The van der Waals surface area contributed by atoms with Gasteiger partial charge in [-0.05, 0) is 92.9 Å². The van der Waals surface area contributed by atoms with E-state index in [1.807, 2.05) is 20.8 Å². The number of nitrogens with zero attached hydrogens (tertiary/aromatic N) is 9. The Balaban J connectivity index is 0.000000230. The number of aromatic nitrogens is 9. The number of rotatable bonds is 19. The maximum Gasteiger partial charge on any atom is 1.00 e. The maximum atomic E-state index is 15.2. The van der Waals surface area contributed by atoms with E-state index in [-0.39, 0.29) is 133 Å². The second kappa shape index (κ2) is 35.7. The number of halogens is 12. The number of hydrogen-bond donors (Lipinski definition) is 1. The van der Waals surface area contributed by atoms with Crippen LogP contribution in [0.5, 0.6) is 0 Å². The third kappa shape index (κ3) is 16.8. The molecule has 0 spiro atoms. The SMILES string of the molecule is CCCn1cc(-n2c(Cl)c(Sc3cccc(C(=O)O)c3F)c3ccc(Cl)c(F)c32)cn1.CCCn1cc(-n2c(Cl)c(Sc3cccc(C(=O)OCC)c3F)c3ccc(Cl)c(F)c32)cn1.CCCn1cc(-n2c(Cl)c(Sc3cccc(C(=O)[O-])c3F)c3ccc(Cl)c(F)c32)cn1.O.[Li+].[Na+].[OH-]. The summed E-state index contributed by atoms with van der Waals surface area (Å²) in [5.41, 5.74) is 0.784. The molecule has 99 heavy (non-hydrogen) atoms. The fourth-order valence-electron chi connectivity index (χ4n) is 10.0. The molecule has 0 amide bonds. The van der Waals surface area contributed by atoms with Crippen LogP contribution in [0.1, 0.15) is 78.0 Å². The molecule has 0 atom stereocenters. The third-order valence-corrected chi connectivity index (χ3v) is 20.0. The summed E-state index contributed by atoms with van der Waals surface area (Å²) in [5.74, 6) is -8.33. The molecule has 508 valence electrons. The molecule has 6 aromatic carbocycles. The molecule has 0 aliphatic heterocycles. The number of carboxylic acids is 2. The Labute approximate surface area is 637 Å². The van der Waals surface area contributed by atoms with E-state index in [0.717, 1.165) is 60.6 Å². The van der Waals surface area contributed by atoms with Crippen LogP contribution in [0.3, 0.4) is 0 Å². The summed E-state index contributed by atoms with van der Waals surface area (Å²) in [5, 5.41) is 34.7. The van der Waals surface area contributed by atoms with Crippen molar-refractivity contribution in [3.8, 4) is 17.1 Å². The Morgan fingerprint density at radius 3 is 1.09 bits per heavy atom. The van der Waals surface area contributed by atoms with Crippen molar-refractivity contribution >= 4 is 156 Å². The first-order valence-electron chi connectivity index (χ1n) is 28.7. The minimum absolute atomic E-state index is 0. The standard InChI is InChI=1S/C23H19Cl2F2N3O2S.2C21H15Cl2F2N3O2S.Li.Na.2H2O/c1-3-10-29-12-13(11-28-29)30-20-15(8-9-16(24)19(20)27)21(22(30)25)33-17-7-5-6-14(18(17)26)23(31)32-4-2;2*1-2-8-27-10-11(9-26-27)28-18-13(6-7-14(22)17(18)25)19(20(28)23)31-15-5-3-4-12(16(15)24)21(29)30;;;;/h5-9,11-12H,3-4,10H2,1-2H3;2*3-7,9-10H,2,8H2,1H3,(H,29,30);;;2*1H2/q;;;2*+1;;/p-2. The number of fused-ring (bicyclic) bond motifs is 3. The van der Waals surface area contributed by atoms with Crippen molar-refractivity contribution in [3.05, 3.63) is 210 Å². The molecule has 0 bridgehead atoms. The van der Waals surface area contributed by atoms with Gasteiger partial charge in [-0.2, -0.15) is 15.3 Å². The smallest absolute Gasteiger partial charge is 0.870 e. The van der Waals surface area contributed by atoms with Gasteiger partial charge in [0.25, 0.3) is 0 Å². The van der Waals surface area contributed by atoms with Gasteiger partial charge in [0.15, 0.2) is 29.1 Å². The predicted octanol–water partition coefficient (Wildman–Crippen LogP) is 12.2. The fraction of sp³-hybridized carbons (Fsp3) is 0.169. The summed E-state index contributed by atoms with van der Waals surface area (Å²) < 4.78 is 104. The van der Waals surface area contributed by atoms with Crippen molar-refractivity contribution in [1.82, 2.24) is 43.0 Å². The van der Waals surface area contributed by atoms with Gasteiger partial charge in [0.05, 0.1) is 106 Å². The van der Waals surface area contributed by atoms with Crippen molar-refractivity contribution in [1.29, 1.82) is 0 Å². The predicted molar refractivity (Wildman–Crippen MR) is 362 cm³/mol. The number of aromatic carboxylic acids is 2. The van der Waals surface area contributed by atoms with Crippen molar-refractivity contribution in [2.24, 2.45) is 0 Å². The zero-order valence-electron chi connectivity index (χ0n) is 52.8. The zero-order valence-corrected chi connectivity index (χ0v) is 61.8. The van der Waals surface area contributed by atoms with E-state index in [1.165, 1.54) is 74.4 Å². The fourth-order valence-corrected chi connectivity index (χ4v) is 14.7. The number of aryl methyl sites for hydroxylation is 3. The quantitative estimate of drug-likeness (QED) is 0.0451. The van der Waals surface area contributed by atoms with Crippen LogP contribution in [0, 0.1) is 34.9 Å². The number of carboxylic acid groups (broad SMARTS) is 2. The summed E-state index contributed by atoms with van der Waals surface area (Å²) in [6, 6.07) is 21.4. The van der Waals surface area contributed by atoms with Crippen LogP contribution >= 0.6 is 105 Å². The molecular formula is C65H51Cl6F6LiN9NaO8S3. The second-order valence-electron chi connectivity index (χ2n) is 20.5. The Morgan fingerprint density at radius 1 is 0.485 bits per heavy atom. The molecular weight excluding hydrogens is 1490 g/mol. The summed E-state index contributed by atoms with van der Waals surface area (Å²) >= 11 is 40.9. The van der Waals surface area contributed by atoms with E-state index < -0.39 is 63.9 Å². The topological polar surface area (TPSA) is 233 Å². The van der Waals surface area contributed by atoms with Gasteiger partial charge in [-0.25, -0.2) is 35.9 Å². The first kappa shape index (κ1) is 81.8. The molecule has 4 N–H and O–H groups in total. The van der Waals surface area contributed by atoms with E-state index >= 15 is 17.6 Å². The Hall–Kier alpha value is -6.13. The zero-order chi connectivity index (χ0) is 68.3. The largest absolute Gasteiger partial charge is 1.00 e. The minimum Gasteiger partial charge on any atom is -0.870 e. The average molecular weight is 1540 g/mol. The first-order valence-corrected chi connectivity index (χ1v) is 33.4. The molecule has 0 saturated carbocycles. The van der Waals surface area contributed by atoms with Crippen LogP contribution in [0.15, 0.2) is 158 Å². The number of ether oxygens (including phenoxy) is 1. The minimum atomic E-state index is -1.63. The van der Waals surface area contributed by atoms with Crippen LogP contribution in [0.4, 0.5) is 26.3 Å². The number of esters is 1. The van der Waals surface area contributed by atoms with Crippen LogP contribution in [-0.4, -0.2) is 83.6 Å². The van der Waals surface area contributed by atoms with Crippen LogP contribution in [0.25, 0.3) is 49.8 Å². The molecule has 0 unspecified atom stereocenters. The molecule has 0 saturated heterocycles. The number of hydrogen-bond acceptors (Lipinski definition) is 12. The van der Waals surface area contributed by atoms with Crippen molar-refractivity contribution in [3.63, 3.8) is 0 Å². The van der Waals surface area contributed by atoms with Crippen LogP contribution < -0.4 is 53.5 Å². The summed E-state index contributed by atoms with van der Waals surface area (Å²) in [6.45, 7) is 9.83. The van der Waals surface area contributed by atoms with Gasteiger partial charge in [0.1, 0.15) is 21.3 Å². The third-order valence-electron chi connectivity index (χ3n) is 14.2. The molecule has 0 aliphatic carbocycles. The molecule has 6 heterocycles. The van der Waals surface area contributed by atoms with Gasteiger partial charge < -0.3 is 30.7 Å². The molecule has 0 fully saturated rings. The molecule has 6 aromatic heterocycles. The van der Waals surface area contributed by atoms with Gasteiger partial charge >= 0.3 is 60.4 Å². The second-order valence-corrected chi connectivity index (χ2v) is 25.9. The van der Waals surface area contributed by atoms with Crippen molar-refractivity contribution in [2.45, 2.75) is 96.0 Å². The Kier molecular flexibility index (Phi) is 29.5. The Bertz CT molecular complexity index is 4780. The van der Waals surface area contributed by atoms with Gasteiger partial charge in [-0.1, -0.05) is 150 Å². The number of carbonyl (C=O) groups is 3. The van der Waals surface area contributed by atoms with E-state index in [2.05, 4.69) is 15.3 Å². The van der Waals surface area contributed by atoms with Crippen molar-refractivity contribution < 1.29 is 115 Å². The summed E-state index contributed by atoms with van der Waals surface area (Å²) in [4.78, 5) is 35.9. The van der Waals surface area contributed by atoms with Gasteiger partial charge in [-0.15, -0.1) is 0 Å². The van der Waals surface area contributed by atoms with Gasteiger partial charge in [0.2, 0.25) is 0 Å². The number of carbonyl (C=O) groups excluding carboxylic acids is 2. The normalized spacial score (nSPS) is 10.9. The van der Waals surface area contributed by atoms with Gasteiger partial charge in [0, 0.05) is 74.6 Å². The van der Waals surface area contributed by atoms with Crippen molar-refractivity contribution in [2.75, 3.05) is 6.61 Å². The van der Waals surface area contributed by atoms with Crippen LogP contribution in [0.2, 0.25) is 30.5 Å². The number of benzene rings is 6. The summed E-state index contributed by atoms with van der Waals surface area (Å²) in [7, 11) is 0. The monoisotopic (exact) mass is 1540 g/mol. The van der Waals surface area contributed by atoms with E-state index in [0.29, 0.717) is 67.5 Å². The van der Waals surface area contributed by atoms with E-state index in [1.54, 1.807) is 82.4 Å². The molecule has 34 heteroatoms. The van der Waals surface area contributed by atoms with E-state index in [4.69, 9.17) is 74.3 Å². The molecule has 0 radical (unpaired) electrons. The van der Waals surface area contributed by atoms with Crippen LogP contribution in [-0.2, 0) is 24.4 Å². The molecule has 17 nitrogen and oxygen atoms in total. The molecule has 12 rings (SSSR count). The Morgan fingerprint density at radius 2 is 0.788 bits per heavy atom. The average Bonchev–Trinajstić information content (AvgIpc) is 1.61. The maximum absolute atomic E-state index is 15.2. The van der Waals surface area contributed by atoms with E-state index in [9.17, 15) is 33.4 Å². The summed E-state index contributed by atoms with van der Waals surface area (Å²) in [6.07, 6.45) is 12.5. The molecule has 12 aromatic rings.